The van der Waals surface area contributed by atoms with Crippen LogP contribution in [0.3, 0.4) is 0 Å². The van der Waals surface area contributed by atoms with E-state index < -0.39 is 0 Å². The highest BCUT2D eigenvalue weighted by atomic mass is 16.5. The number of likely N-dealkylation sites (tertiary alicyclic amines) is 1. The normalized spacial score (nSPS) is 36.1. The zero-order valence-corrected chi connectivity index (χ0v) is 13.3. The summed E-state index contributed by atoms with van der Waals surface area (Å²) in [7, 11) is 0. The van der Waals surface area contributed by atoms with Crippen LogP contribution < -0.4 is 0 Å². The van der Waals surface area contributed by atoms with Gasteiger partial charge in [0, 0.05) is 32.3 Å². The molecule has 5 heteroatoms. The van der Waals surface area contributed by atoms with E-state index in [1.54, 1.807) is 0 Å². The zero-order chi connectivity index (χ0) is 14.8. The minimum atomic E-state index is 0.0885. The lowest BCUT2D eigenvalue weighted by Gasteiger charge is -2.40. The van der Waals surface area contributed by atoms with Gasteiger partial charge in [-0.1, -0.05) is 0 Å². The minimum absolute atomic E-state index is 0.0885. The van der Waals surface area contributed by atoms with Gasteiger partial charge in [-0.05, 0) is 46.1 Å². The molecule has 0 bridgehead atoms. The number of nitrogens with zero attached hydrogens (tertiary/aromatic N) is 2. The Hall–Kier alpha value is -0.650. The molecule has 3 aliphatic rings. The molecule has 0 aromatic rings. The van der Waals surface area contributed by atoms with Crippen LogP contribution in [0, 0.1) is 0 Å². The van der Waals surface area contributed by atoms with Crippen LogP contribution in [0.1, 0.15) is 39.5 Å². The largest absolute Gasteiger partial charge is 0.381 e. The lowest BCUT2D eigenvalue weighted by molar-refractivity contribution is -0.149. The quantitative estimate of drug-likeness (QED) is 0.769. The van der Waals surface area contributed by atoms with Crippen molar-refractivity contribution in [1.29, 1.82) is 0 Å². The van der Waals surface area contributed by atoms with Crippen LogP contribution in [-0.2, 0) is 14.3 Å². The van der Waals surface area contributed by atoms with Crippen molar-refractivity contribution in [3.05, 3.63) is 0 Å². The molecule has 3 rings (SSSR count). The number of hydrogen-bond donors (Lipinski definition) is 0. The zero-order valence-electron chi connectivity index (χ0n) is 13.3. The molecule has 120 valence electrons. The van der Waals surface area contributed by atoms with Gasteiger partial charge < -0.3 is 14.4 Å². The number of ether oxygens (including phenoxy) is 2. The number of carbonyl (C=O) groups is 1. The van der Waals surface area contributed by atoms with Crippen LogP contribution in [0.25, 0.3) is 0 Å². The van der Waals surface area contributed by atoms with Gasteiger partial charge in [-0.2, -0.15) is 0 Å². The van der Waals surface area contributed by atoms with Gasteiger partial charge >= 0.3 is 0 Å². The summed E-state index contributed by atoms with van der Waals surface area (Å²) in [4.78, 5) is 17.4. The van der Waals surface area contributed by atoms with E-state index in [9.17, 15) is 4.79 Å². The predicted octanol–water partition coefficient (Wildman–Crippen LogP) is 1.27. The van der Waals surface area contributed by atoms with Crippen molar-refractivity contribution in [2.75, 3.05) is 32.8 Å². The van der Waals surface area contributed by atoms with Crippen LogP contribution in [0.4, 0.5) is 0 Å². The maximum Gasteiger partial charge on any atom is 0.240 e. The van der Waals surface area contributed by atoms with E-state index >= 15 is 0 Å². The standard InChI is InChI=1S/C16H28N2O3/c1-12-10-17(11-13(2)21-12)16(19)15-4-3-7-18(15)14-5-8-20-9-6-14/h12-15H,3-11H2,1-2H3/t12-,13+,15-/m0/s1. The molecule has 0 aromatic carbocycles. The van der Waals surface area contributed by atoms with Crippen LogP contribution in [0.2, 0.25) is 0 Å². The minimum Gasteiger partial charge on any atom is -0.381 e. The van der Waals surface area contributed by atoms with Crippen molar-refractivity contribution < 1.29 is 14.3 Å². The fourth-order valence-corrected chi connectivity index (χ4v) is 4.08. The first-order valence-electron chi connectivity index (χ1n) is 8.43. The van der Waals surface area contributed by atoms with Crippen LogP contribution in [0.15, 0.2) is 0 Å². The molecule has 0 aliphatic carbocycles. The van der Waals surface area contributed by atoms with Crippen molar-refractivity contribution in [3.8, 4) is 0 Å². The highest BCUT2D eigenvalue weighted by molar-refractivity contribution is 5.82. The van der Waals surface area contributed by atoms with Crippen molar-refractivity contribution in [2.45, 2.75) is 63.8 Å². The second-order valence-corrected chi connectivity index (χ2v) is 6.74. The monoisotopic (exact) mass is 296 g/mol. The summed E-state index contributed by atoms with van der Waals surface area (Å²) >= 11 is 0. The van der Waals surface area contributed by atoms with Crippen molar-refractivity contribution >= 4 is 5.91 Å². The van der Waals surface area contributed by atoms with E-state index in [0.717, 1.165) is 58.5 Å². The van der Waals surface area contributed by atoms with Crippen molar-refractivity contribution in [2.24, 2.45) is 0 Å². The van der Waals surface area contributed by atoms with Gasteiger partial charge in [-0.15, -0.1) is 0 Å². The fraction of sp³-hybridized carbons (Fsp3) is 0.938. The fourth-order valence-electron chi connectivity index (χ4n) is 4.08. The second kappa shape index (κ2) is 6.63. The van der Waals surface area contributed by atoms with E-state index in [4.69, 9.17) is 9.47 Å². The molecule has 0 unspecified atom stereocenters. The smallest absolute Gasteiger partial charge is 0.240 e. The third-order valence-corrected chi connectivity index (χ3v) is 4.97. The Labute approximate surface area is 127 Å². The average Bonchev–Trinajstić information content (AvgIpc) is 2.95. The number of morpholine rings is 1. The molecule has 0 saturated carbocycles. The summed E-state index contributed by atoms with van der Waals surface area (Å²) in [5, 5.41) is 0. The summed E-state index contributed by atoms with van der Waals surface area (Å²) in [5.74, 6) is 0.320. The second-order valence-electron chi connectivity index (χ2n) is 6.74. The Balaban J connectivity index is 1.65. The van der Waals surface area contributed by atoms with Gasteiger partial charge in [-0.25, -0.2) is 0 Å². The van der Waals surface area contributed by atoms with Crippen molar-refractivity contribution in [3.63, 3.8) is 0 Å². The SMILES string of the molecule is C[C@@H]1CN(C(=O)[C@@H]2CCCN2C2CCOCC2)C[C@H](C)O1. The number of amides is 1. The number of carbonyl (C=O) groups excluding carboxylic acids is 1. The molecule has 0 radical (unpaired) electrons. The molecule has 3 aliphatic heterocycles. The lowest BCUT2D eigenvalue weighted by atomic mass is 10.0. The first-order valence-corrected chi connectivity index (χ1v) is 8.43. The van der Waals surface area contributed by atoms with Gasteiger partial charge in [0.15, 0.2) is 0 Å². The van der Waals surface area contributed by atoms with Gasteiger partial charge in [-0.3, -0.25) is 9.69 Å². The summed E-state index contributed by atoms with van der Waals surface area (Å²) < 4.78 is 11.2. The highest BCUT2D eigenvalue weighted by Gasteiger charge is 2.39. The van der Waals surface area contributed by atoms with E-state index in [1.165, 1.54) is 0 Å². The Morgan fingerprint density at radius 3 is 2.38 bits per heavy atom. The summed E-state index contributed by atoms with van der Waals surface area (Å²) in [6, 6.07) is 0.622. The molecular weight excluding hydrogens is 268 g/mol. The summed E-state index contributed by atoms with van der Waals surface area (Å²) in [6.07, 6.45) is 4.59. The highest BCUT2D eigenvalue weighted by Crippen LogP contribution is 2.27. The Bertz CT molecular complexity index is 361. The average molecular weight is 296 g/mol. The van der Waals surface area contributed by atoms with Gasteiger partial charge in [0.05, 0.1) is 18.2 Å². The maximum atomic E-state index is 12.9. The Morgan fingerprint density at radius 1 is 1.05 bits per heavy atom. The maximum absolute atomic E-state index is 12.9. The summed E-state index contributed by atoms with van der Waals surface area (Å²) in [6.45, 7) is 8.34. The van der Waals surface area contributed by atoms with E-state index in [-0.39, 0.29) is 18.2 Å². The molecule has 5 nitrogen and oxygen atoms in total. The van der Waals surface area contributed by atoms with Gasteiger partial charge in [0.25, 0.3) is 0 Å². The van der Waals surface area contributed by atoms with Gasteiger partial charge in [0.1, 0.15) is 0 Å². The molecule has 3 atom stereocenters. The molecule has 21 heavy (non-hydrogen) atoms. The van der Waals surface area contributed by atoms with Crippen LogP contribution >= 0.6 is 0 Å². The van der Waals surface area contributed by atoms with E-state index in [0.29, 0.717) is 11.9 Å². The predicted molar refractivity (Wildman–Crippen MR) is 80.2 cm³/mol. The van der Waals surface area contributed by atoms with E-state index in [1.807, 2.05) is 4.90 Å². The van der Waals surface area contributed by atoms with Gasteiger partial charge in [0.2, 0.25) is 5.91 Å². The molecule has 3 fully saturated rings. The third kappa shape index (κ3) is 3.41. The molecule has 0 N–H and O–H groups in total. The Kier molecular flexibility index (Phi) is 4.82. The van der Waals surface area contributed by atoms with Crippen molar-refractivity contribution in [1.82, 2.24) is 9.80 Å². The van der Waals surface area contributed by atoms with E-state index in [2.05, 4.69) is 18.7 Å². The molecule has 1 amide bonds. The third-order valence-electron chi connectivity index (χ3n) is 4.97. The first kappa shape index (κ1) is 15.3. The topological polar surface area (TPSA) is 42.0 Å². The molecule has 0 spiro atoms. The lowest BCUT2D eigenvalue weighted by Crippen LogP contribution is -2.55. The molecule has 3 heterocycles. The number of hydrogen-bond acceptors (Lipinski definition) is 4. The Morgan fingerprint density at radius 2 is 1.71 bits per heavy atom. The van der Waals surface area contributed by atoms with Crippen LogP contribution in [0.5, 0.6) is 0 Å². The molecule has 3 saturated heterocycles. The molecule has 0 aromatic heterocycles. The molecular formula is C16H28N2O3. The number of rotatable bonds is 2. The summed E-state index contributed by atoms with van der Waals surface area (Å²) in [5.41, 5.74) is 0. The van der Waals surface area contributed by atoms with Crippen LogP contribution in [-0.4, -0.2) is 72.8 Å². The first-order chi connectivity index (χ1) is 10.1.